The monoisotopic (exact) mass is 464 g/mol. The topological polar surface area (TPSA) is 79.5 Å². The van der Waals surface area contributed by atoms with Gasteiger partial charge in [-0.1, -0.05) is 48.5 Å². The number of hydrogen-bond donors (Lipinski definition) is 0. The van der Waals surface area contributed by atoms with Crippen LogP contribution in [0.15, 0.2) is 76.3 Å². The second-order valence-electron chi connectivity index (χ2n) is 7.56. The maximum Gasteiger partial charge on any atom is 0.348 e. The molecule has 2 aromatic carbocycles. The van der Waals surface area contributed by atoms with Crippen molar-refractivity contribution >= 4 is 27.5 Å². The zero-order chi connectivity index (χ0) is 23.2. The average Bonchev–Trinajstić information content (AvgIpc) is 3.30. The van der Waals surface area contributed by atoms with Crippen molar-refractivity contribution in [2.24, 2.45) is 7.05 Å². The third-order valence-electron chi connectivity index (χ3n) is 5.21. The van der Waals surface area contributed by atoms with Gasteiger partial charge in [0.1, 0.15) is 22.1 Å². The number of para-hydroxylation sites is 1. The zero-order valence-electron chi connectivity index (χ0n) is 18.2. The molecule has 2 heterocycles. The van der Waals surface area contributed by atoms with Crippen LogP contribution in [-0.2, 0) is 24.9 Å². The molecule has 7 nitrogen and oxygen atoms in total. The SMILES string of the molecule is Cn1c(=O)n(CCCCOc2ccccc2)c(=O)c2cc(C(=O)OCc3ccccc3)sc21. The van der Waals surface area contributed by atoms with Gasteiger partial charge in [-0.3, -0.25) is 13.9 Å². The highest BCUT2D eigenvalue weighted by atomic mass is 32.1. The van der Waals surface area contributed by atoms with Gasteiger partial charge in [0.25, 0.3) is 5.56 Å². The number of esters is 1. The minimum atomic E-state index is -0.517. The summed E-state index contributed by atoms with van der Waals surface area (Å²) in [6.45, 7) is 0.919. The van der Waals surface area contributed by atoms with Crippen molar-refractivity contribution in [2.75, 3.05) is 6.61 Å². The van der Waals surface area contributed by atoms with Gasteiger partial charge < -0.3 is 9.47 Å². The summed E-state index contributed by atoms with van der Waals surface area (Å²) in [5, 5.41) is 0.342. The number of nitrogens with zero attached hydrogens (tertiary/aromatic N) is 2. The highest BCUT2D eigenvalue weighted by Crippen LogP contribution is 2.23. The standard InChI is InChI=1S/C25H24N2O5S/c1-26-23-20(16-21(33-23)24(29)32-17-18-10-4-2-5-11-18)22(28)27(25(26)30)14-8-9-15-31-19-12-6-3-7-13-19/h2-7,10-13,16H,8-9,14-15,17H2,1H3. The van der Waals surface area contributed by atoms with Crippen LogP contribution in [0.5, 0.6) is 5.75 Å². The van der Waals surface area contributed by atoms with Crippen molar-refractivity contribution in [1.82, 2.24) is 9.13 Å². The van der Waals surface area contributed by atoms with E-state index >= 15 is 0 Å². The van der Waals surface area contributed by atoms with Gasteiger partial charge in [-0.2, -0.15) is 0 Å². The fraction of sp³-hybridized carbons (Fsp3) is 0.240. The molecular formula is C25H24N2O5S. The summed E-state index contributed by atoms with van der Waals surface area (Å²) in [6, 6.07) is 20.4. The molecule has 4 aromatic rings. The maximum atomic E-state index is 13.0. The van der Waals surface area contributed by atoms with E-state index in [1.807, 2.05) is 60.7 Å². The molecule has 0 saturated carbocycles. The number of rotatable bonds is 9. The van der Waals surface area contributed by atoms with Crippen LogP contribution >= 0.6 is 11.3 Å². The second kappa shape index (κ2) is 10.3. The molecule has 0 saturated heterocycles. The van der Waals surface area contributed by atoms with Gasteiger partial charge in [0.2, 0.25) is 0 Å². The lowest BCUT2D eigenvalue weighted by molar-refractivity contribution is 0.0478. The van der Waals surface area contributed by atoms with Crippen LogP contribution in [0.4, 0.5) is 0 Å². The quantitative estimate of drug-likeness (QED) is 0.277. The Morgan fingerprint density at radius 1 is 0.970 bits per heavy atom. The van der Waals surface area contributed by atoms with Crippen LogP contribution in [0.3, 0.4) is 0 Å². The van der Waals surface area contributed by atoms with Crippen LogP contribution in [0.25, 0.3) is 10.2 Å². The Hall–Kier alpha value is -3.65. The molecule has 0 radical (unpaired) electrons. The van der Waals surface area contributed by atoms with Crippen LogP contribution in [-0.4, -0.2) is 21.7 Å². The molecular weight excluding hydrogens is 440 g/mol. The molecule has 0 spiro atoms. The number of hydrogen-bond acceptors (Lipinski definition) is 6. The van der Waals surface area contributed by atoms with E-state index in [0.29, 0.717) is 34.5 Å². The first kappa shape index (κ1) is 22.5. The molecule has 170 valence electrons. The Morgan fingerprint density at radius 2 is 1.67 bits per heavy atom. The predicted octanol–water partition coefficient (Wildman–Crippen LogP) is 3.98. The number of aryl methyl sites for hydroxylation is 1. The number of aromatic nitrogens is 2. The lowest BCUT2D eigenvalue weighted by atomic mass is 10.2. The molecule has 33 heavy (non-hydrogen) atoms. The minimum absolute atomic E-state index is 0.141. The minimum Gasteiger partial charge on any atom is -0.494 e. The van der Waals surface area contributed by atoms with Gasteiger partial charge in [-0.05, 0) is 36.6 Å². The molecule has 2 aromatic heterocycles. The van der Waals surface area contributed by atoms with Crippen molar-refractivity contribution in [3.63, 3.8) is 0 Å². The number of thiophene rings is 1. The van der Waals surface area contributed by atoms with Gasteiger partial charge in [-0.25, -0.2) is 9.59 Å². The number of carbonyl (C=O) groups is 1. The van der Waals surface area contributed by atoms with Gasteiger partial charge in [0.05, 0.1) is 12.0 Å². The Bertz CT molecular complexity index is 1360. The molecule has 4 rings (SSSR count). The van der Waals surface area contributed by atoms with E-state index < -0.39 is 17.2 Å². The summed E-state index contributed by atoms with van der Waals surface area (Å²) in [5.74, 6) is 0.272. The van der Waals surface area contributed by atoms with E-state index in [-0.39, 0.29) is 13.2 Å². The van der Waals surface area contributed by atoms with E-state index in [1.54, 1.807) is 7.05 Å². The molecule has 0 N–H and O–H groups in total. The second-order valence-corrected chi connectivity index (χ2v) is 8.59. The smallest absolute Gasteiger partial charge is 0.348 e. The molecule has 0 atom stereocenters. The molecule has 0 aliphatic heterocycles. The van der Waals surface area contributed by atoms with E-state index in [1.165, 1.54) is 15.2 Å². The van der Waals surface area contributed by atoms with Gasteiger partial charge in [0.15, 0.2) is 0 Å². The average molecular weight is 465 g/mol. The van der Waals surface area contributed by atoms with Crippen molar-refractivity contribution in [3.8, 4) is 5.75 Å². The molecule has 0 amide bonds. The maximum absolute atomic E-state index is 13.0. The van der Waals surface area contributed by atoms with Crippen molar-refractivity contribution < 1.29 is 14.3 Å². The molecule has 0 bridgehead atoms. The normalized spacial score (nSPS) is 10.9. The van der Waals surface area contributed by atoms with Gasteiger partial charge in [-0.15, -0.1) is 11.3 Å². The predicted molar refractivity (Wildman–Crippen MR) is 128 cm³/mol. The fourth-order valence-electron chi connectivity index (χ4n) is 3.45. The third-order valence-corrected chi connectivity index (χ3v) is 6.40. The van der Waals surface area contributed by atoms with Crippen molar-refractivity contribution in [3.05, 3.63) is 98.0 Å². The summed E-state index contributed by atoms with van der Waals surface area (Å²) in [7, 11) is 1.61. The molecule has 0 aliphatic rings. The fourth-order valence-corrected chi connectivity index (χ4v) is 4.45. The molecule has 0 unspecified atom stereocenters. The zero-order valence-corrected chi connectivity index (χ0v) is 19.0. The van der Waals surface area contributed by atoms with Crippen LogP contribution < -0.4 is 16.0 Å². The highest BCUT2D eigenvalue weighted by molar-refractivity contribution is 7.20. The molecule has 0 aliphatic carbocycles. The van der Waals surface area contributed by atoms with Crippen LogP contribution in [0, 0.1) is 0 Å². The Labute approximate surface area is 194 Å². The number of unbranched alkanes of at least 4 members (excludes halogenated alkanes) is 1. The summed E-state index contributed by atoms with van der Waals surface area (Å²) >= 11 is 1.09. The summed E-state index contributed by atoms with van der Waals surface area (Å²) in [6.07, 6.45) is 1.31. The lowest BCUT2D eigenvalue weighted by Gasteiger charge is -2.09. The Kier molecular flexibility index (Phi) is 7.04. The van der Waals surface area contributed by atoms with Crippen LogP contribution in [0.1, 0.15) is 28.1 Å². The number of benzene rings is 2. The number of fused-ring (bicyclic) bond motifs is 1. The van der Waals surface area contributed by atoms with Crippen molar-refractivity contribution in [2.45, 2.75) is 26.0 Å². The van der Waals surface area contributed by atoms with E-state index in [4.69, 9.17) is 9.47 Å². The highest BCUT2D eigenvalue weighted by Gasteiger charge is 2.18. The molecule has 0 fully saturated rings. The van der Waals surface area contributed by atoms with E-state index in [9.17, 15) is 14.4 Å². The summed E-state index contributed by atoms with van der Waals surface area (Å²) in [5.41, 5.74) is 0.0796. The molecule has 8 heteroatoms. The third kappa shape index (κ3) is 5.23. The van der Waals surface area contributed by atoms with Crippen LogP contribution in [0.2, 0.25) is 0 Å². The van der Waals surface area contributed by atoms with E-state index in [0.717, 1.165) is 22.6 Å². The Morgan fingerprint density at radius 3 is 2.39 bits per heavy atom. The summed E-state index contributed by atoms with van der Waals surface area (Å²) in [4.78, 5) is 39.0. The number of ether oxygens (including phenoxy) is 2. The van der Waals surface area contributed by atoms with Gasteiger partial charge in [0, 0.05) is 13.6 Å². The number of carbonyl (C=O) groups excluding carboxylic acids is 1. The summed E-state index contributed by atoms with van der Waals surface area (Å²) < 4.78 is 13.7. The first-order valence-corrected chi connectivity index (χ1v) is 11.5. The lowest BCUT2D eigenvalue weighted by Crippen LogP contribution is -2.38. The van der Waals surface area contributed by atoms with E-state index in [2.05, 4.69) is 0 Å². The van der Waals surface area contributed by atoms with Gasteiger partial charge >= 0.3 is 11.7 Å². The first-order valence-electron chi connectivity index (χ1n) is 10.7. The largest absolute Gasteiger partial charge is 0.494 e. The Balaban J connectivity index is 1.44. The first-order chi connectivity index (χ1) is 16.0. The van der Waals surface area contributed by atoms with Crippen molar-refractivity contribution in [1.29, 1.82) is 0 Å².